The van der Waals surface area contributed by atoms with E-state index in [0.29, 0.717) is 0 Å². The number of rotatable bonds is 1. The van der Waals surface area contributed by atoms with Crippen molar-refractivity contribution in [1.29, 1.82) is 0 Å². The summed E-state index contributed by atoms with van der Waals surface area (Å²) in [5, 5.41) is 5.00. The van der Waals surface area contributed by atoms with Crippen LogP contribution < -0.4 is 11.1 Å². The Morgan fingerprint density at radius 1 is 1.12 bits per heavy atom. The quantitative estimate of drug-likeness (QED) is 0.745. The first-order valence-electron chi connectivity index (χ1n) is 5.06. The zero-order valence-electron chi connectivity index (χ0n) is 8.53. The second-order valence-electron chi connectivity index (χ2n) is 3.80. The SMILES string of the molecule is NC(=O)NC1=Cc2cccc3cccc1c23. The summed E-state index contributed by atoms with van der Waals surface area (Å²) >= 11 is 0. The molecule has 0 aromatic heterocycles. The molecule has 3 rings (SSSR count). The van der Waals surface area contributed by atoms with Crippen molar-refractivity contribution in [3.63, 3.8) is 0 Å². The van der Waals surface area contributed by atoms with E-state index in [9.17, 15) is 4.79 Å². The molecule has 1 aliphatic rings. The third-order valence-corrected chi connectivity index (χ3v) is 2.78. The molecular formula is C13H10N2O. The van der Waals surface area contributed by atoms with Crippen molar-refractivity contribution in [3.8, 4) is 0 Å². The van der Waals surface area contributed by atoms with Crippen molar-refractivity contribution < 1.29 is 4.79 Å². The van der Waals surface area contributed by atoms with Crippen LogP contribution in [-0.4, -0.2) is 6.03 Å². The lowest BCUT2D eigenvalue weighted by Crippen LogP contribution is -2.27. The molecule has 0 spiro atoms. The first-order valence-corrected chi connectivity index (χ1v) is 5.06. The van der Waals surface area contributed by atoms with Gasteiger partial charge in [-0.25, -0.2) is 4.79 Å². The van der Waals surface area contributed by atoms with Crippen molar-refractivity contribution in [2.24, 2.45) is 5.73 Å². The minimum Gasteiger partial charge on any atom is -0.351 e. The van der Waals surface area contributed by atoms with Gasteiger partial charge in [-0.05, 0) is 22.4 Å². The third-order valence-electron chi connectivity index (χ3n) is 2.78. The molecule has 0 fully saturated rings. The number of carbonyl (C=O) groups is 1. The number of hydrogen-bond donors (Lipinski definition) is 2. The topological polar surface area (TPSA) is 55.1 Å². The molecule has 0 heterocycles. The Bertz CT molecular complexity index is 624. The van der Waals surface area contributed by atoms with Gasteiger partial charge in [0.25, 0.3) is 0 Å². The maximum atomic E-state index is 10.9. The van der Waals surface area contributed by atoms with Crippen LogP contribution in [-0.2, 0) is 0 Å². The van der Waals surface area contributed by atoms with Crippen molar-refractivity contribution >= 4 is 28.6 Å². The van der Waals surface area contributed by atoms with E-state index in [1.165, 1.54) is 10.8 Å². The van der Waals surface area contributed by atoms with E-state index in [4.69, 9.17) is 5.73 Å². The van der Waals surface area contributed by atoms with Gasteiger partial charge in [0.15, 0.2) is 0 Å². The minimum atomic E-state index is -0.531. The van der Waals surface area contributed by atoms with Crippen molar-refractivity contribution in [1.82, 2.24) is 5.32 Å². The zero-order valence-corrected chi connectivity index (χ0v) is 8.53. The molecule has 0 saturated heterocycles. The van der Waals surface area contributed by atoms with E-state index in [1.54, 1.807) is 0 Å². The van der Waals surface area contributed by atoms with Gasteiger partial charge < -0.3 is 11.1 Å². The van der Waals surface area contributed by atoms with Crippen molar-refractivity contribution in [2.45, 2.75) is 0 Å². The molecule has 0 aliphatic heterocycles. The van der Waals surface area contributed by atoms with Gasteiger partial charge >= 0.3 is 6.03 Å². The lowest BCUT2D eigenvalue weighted by Gasteiger charge is -2.05. The van der Waals surface area contributed by atoms with E-state index in [2.05, 4.69) is 17.4 Å². The summed E-state index contributed by atoms with van der Waals surface area (Å²) in [5.74, 6) is 0. The normalized spacial score (nSPS) is 12.6. The van der Waals surface area contributed by atoms with Gasteiger partial charge in [0.2, 0.25) is 0 Å². The van der Waals surface area contributed by atoms with Crippen LogP contribution in [0.2, 0.25) is 0 Å². The Morgan fingerprint density at radius 2 is 1.88 bits per heavy atom. The predicted molar refractivity (Wildman–Crippen MR) is 64.5 cm³/mol. The van der Waals surface area contributed by atoms with Gasteiger partial charge in [-0.3, -0.25) is 0 Å². The van der Waals surface area contributed by atoms with Gasteiger partial charge in [-0.15, -0.1) is 0 Å². The van der Waals surface area contributed by atoms with Crippen molar-refractivity contribution in [3.05, 3.63) is 47.5 Å². The fourth-order valence-electron chi connectivity index (χ4n) is 2.18. The summed E-state index contributed by atoms with van der Waals surface area (Å²) in [6.45, 7) is 0. The number of nitrogens with one attached hydrogen (secondary N) is 1. The largest absolute Gasteiger partial charge is 0.351 e. The van der Waals surface area contributed by atoms with Crippen LogP contribution in [0, 0.1) is 0 Å². The van der Waals surface area contributed by atoms with Gasteiger partial charge in [-0.1, -0.05) is 36.4 Å². The van der Waals surface area contributed by atoms with E-state index >= 15 is 0 Å². The van der Waals surface area contributed by atoms with E-state index < -0.39 is 6.03 Å². The zero-order chi connectivity index (χ0) is 11.1. The van der Waals surface area contributed by atoms with E-state index in [0.717, 1.165) is 16.8 Å². The monoisotopic (exact) mass is 210 g/mol. The number of benzene rings is 2. The number of urea groups is 1. The summed E-state index contributed by atoms with van der Waals surface area (Å²) in [6, 6.07) is 11.6. The van der Waals surface area contributed by atoms with Crippen LogP contribution in [0.25, 0.3) is 22.5 Å². The predicted octanol–water partition coefficient (Wildman–Crippen LogP) is 2.32. The maximum absolute atomic E-state index is 10.9. The third kappa shape index (κ3) is 1.18. The highest BCUT2D eigenvalue weighted by Crippen LogP contribution is 2.34. The number of nitrogens with two attached hydrogens (primary N) is 1. The summed E-state index contributed by atoms with van der Waals surface area (Å²) in [7, 11) is 0. The Balaban J connectivity index is 2.25. The summed E-state index contributed by atoms with van der Waals surface area (Å²) in [6.07, 6.45) is 1.95. The van der Waals surface area contributed by atoms with Gasteiger partial charge in [-0.2, -0.15) is 0 Å². The molecular weight excluding hydrogens is 200 g/mol. The van der Waals surface area contributed by atoms with Crippen LogP contribution in [0.3, 0.4) is 0 Å². The molecule has 16 heavy (non-hydrogen) atoms. The number of hydrogen-bond acceptors (Lipinski definition) is 1. The minimum absolute atomic E-state index is 0.531. The lowest BCUT2D eigenvalue weighted by atomic mass is 10.0. The number of amides is 2. The van der Waals surface area contributed by atoms with E-state index in [1.807, 2.05) is 30.3 Å². The lowest BCUT2D eigenvalue weighted by molar-refractivity contribution is 0.252. The van der Waals surface area contributed by atoms with Gasteiger partial charge in [0.05, 0.1) is 5.70 Å². The maximum Gasteiger partial charge on any atom is 0.316 e. The Morgan fingerprint density at radius 3 is 2.62 bits per heavy atom. The van der Waals surface area contributed by atoms with Gasteiger partial charge in [0, 0.05) is 5.56 Å². The molecule has 3 heteroatoms. The highest BCUT2D eigenvalue weighted by atomic mass is 16.2. The van der Waals surface area contributed by atoms with Crippen LogP contribution >= 0.6 is 0 Å². The second kappa shape index (κ2) is 3.10. The smallest absolute Gasteiger partial charge is 0.316 e. The fourth-order valence-corrected chi connectivity index (χ4v) is 2.18. The molecule has 0 saturated carbocycles. The molecule has 2 aromatic carbocycles. The molecule has 78 valence electrons. The second-order valence-corrected chi connectivity index (χ2v) is 3.80. The highest BCUT2D eigenvalue weighted by Gasteiger charge is 2.16. The Kier molecular flexibility index (Phi) is 1.74. The fraction of sp³-hybridized carbons (Fsp3) is 0. The summed E-state index contributed by atoms with van der Waals surface area (Å²) in [4.78, 5) is 10.9. The van der Waals surface area contributed by atoms with Crippen molar-refractivity contribution in [2.75, 3.05) is 0 Å². The molecule has 0 radical (unpaired) electrons. The van der Waals surface area contributed by atoms with Crippen LogP contribution in [0.4, 0.5) is 4.79 Å². The first-order chi connectivity index (χ1) is 7.75. The molecule has 3 N–H and O–H groups in total. The molecule has 0 bridgehead atoms. The molecule has 2 amide bonds. The molecule has 2 aromatic rings. The molecule has 3 nitrogen and oxygen atoms in total. The number of carbonyl (C=O) groups excluding carboxylic acids is 1. The Hall–Kier alpha value is -2.29. The summed E-state index contributed by atoms with van der Waals surface area (Å²) < 4.78 is 0. The average Bonchev–Trinajstić information content (AvgIpc) is 2.59. The first kappa shape index (κ1) is 8.97. The molecule has 0 unspecified atom stereocenters. The standard InChI is InChI=1S/C13H10N2O/c14-13(16)15-11-7-9-5-1-3-8-4-2-6-10(11)12(8)9/h1-7H,(H3,14,15,16). The van der Waals surface area contributed by atoms with Crippen LogP contribution in [0.5, 0.6) is 0 Å². The molecule has 1 aliphatic carbocycles. The van der Waals surface area contributed by atoms with Gasteiger partial charge in [0.1, 0.15) is 0 Å². The average molecular weight is 210 g/mol. The summed E-state index contributed by atoms with van der Waals surface area (Å²) in [5.41, 5.74) is 8.08. The van der Waals surface area contributed by atoms with Crippen LogP contribution in [0.15, 0.2) is 36.4 Å². The highest BCUT2D eigenvalue weighted by molar-refractivity contribution is 6.10. The molecule has 0 atom stereocenters. The number of primary amides is 1. The van der Waals surface area contributed by atoms with E-state index in [-0.39, 0.29) is 0 Å². The van der Waals surface area contributed by atoms with Crippen LogP contribution in [0.1, 0.15) is 11.1 Å². The Labute approximate surface area is 92.6 Å².